The van der Waals surface area contributed by atoms with Crippen LogP contribution in [0.25, 0.3) is 0 Å². The van der Waals surface area contributed by atoms with Gasteiger partial charge in [-0.3, -0.25) is 9.48 Å². The van der Waals surface area contributed by atoms with Crippen LogP contribution in [0.2, 0.25) is 0 Å². The van der Waals surface area contributed by atoms with Gasteiger partial charge in [0, 0.05) is 13.1 Å². The lowest BCUT2D eigenvalue weighted by Gasteiger charge is -2.20. The van der Waals surface area contributed by atoms with E-state index in [-0.39, 0.29) is 11.6 Å². The molecule has 0 N–H and O–H groups in total. The number of methoxy groups -OCH3 is 1. The predicted octanol–water partition coefficient (Wildman–Crippen LogP) is 1.87. The molecule has 3 rings (SSSR count). The van der Waals surface area contributed by atoms with Crippen LogP contribution in [0.1, 0.15) is 29.0 Å². The Balaban J connectivity index is 1.58. The van der Waals surface area contributed by atoms with Crippen molar-refractivity contribution in [1.82, 2.24) is 14.7 Å². The van der Waals surface area contributed by atoms with Crippen molar-refractivity contribution in [2.24, 2.45) is 0 Å². The van der Waals surface area contributed by atoms with Gasteiger partial charge in [-0.05, 0) is 24.6 Å². The number of para-hydroxylation sites is 1. The number of hydrogen-bond donors (Lipinski definition) is 0. The van der Waals surface area contributed by atoms with E-state index in [1.165, 1.54) is 7.11 Å². The molecule has 0 aliphatic carbocycles. The summed E-state index contributed by atoms with van der Waals surface area (Å²) in [7, 11) is 1.33. The Morgan fingerprint density at radius 1 is 1.20 bits per heavy atom. The second kappa shape index (κ2) is 7.83. The highest BCUT2D eigenvalue weighted by molar-refractivity contribution is 5.87. The quantitative estimate of drug-likeness (QED) is 0.775. The number of amides is 1. The molecule has 0 atom stereocenters. The number of carbonyl (C=O) groups is 2. The molecule has 132 valence electrons. The third-order valence-electron chi connectivity index (χ3n) is 4.09. The molecule has 0 fully saturated rings. The number of aromatic nitrogens is 2. The van der Waals surface area contributed by atoms with Crippen molar-refractivity contribution in [2.45, 2.75) is 25.9 Å². The molecule has 0 spiro atoms. The molecule has 1 aromatic carbocycles. The Bertz CT molecular complexity index is 742. The zero-order valence-electron chi connectivity index (χ0n) is 14.2. The molecule has 2 heterocycles. The summed E-state index contributed by atoms with van der Waals surface area (Å²) in [5.41, 5.74) is 1.12. The Labute approximate surface area is 146 Å². The fourth-order valence-corrected chi connectivity index (χ4v) is 2.81. The van der Waals surface area contributed by atoms with Crippen LogP contribution in [-0.2, 0) is 22.6 Å². The van der Waals surface area contributed by atoms with Crippen molar-refractivity contribution in [3.05, 3.63) is 47.8 Å². The van der Waals surface area contributed by atoms with E-state index in [0.29, 0.717) is 32.7 Å². The summed E-state index contributed by atoms with van der Waals surface area (Å²) in [5.74, 6) is 0.326. The first-order valence-electron chi connectivity index (χ1n) is 8.28. The molecule has 1 amide bonds. The fourth-order valence-electron chi connectivity index (χ4n) is 2.81. The number of rotatable bonds is 5. The van der Waals surface area contributed by atoms with E-state index in [1.807, 2.05) is 30.3 Å². The van der Waals surface area contributed by atoms with Gasteiger partial charge in [0.15, 0.2) is 5.69 Å². The molecule has 1 aromatic heterocycles. The van der Waals surface area contributed by atoms with Crippen molar-refractivity contribution in [1.29, 1.82) is 0 Å². The molecule has 1 aliphatic heterocycles. The van der Waals surface area contributed by atoms with E-state index in [4.69, 9.17) is 9.47 Å². The second-order valence-corrected chi connectivity index (χ2v) is 5.82. The van der Waals surface area contributed by atoms with Crippen molar-refractivity contribution in [3.63, 3.8) is 0 Å². The number of carbonyl (C=O) groups excluding carboxylic acids is 2. The van der Waals surface area contributed by atoms with Gasteiger partial charge in [0.1, 0.15) is 5.75 Å². The van der Waals surface area contributed by atoms with Gasteiger partial charge in [0.2, 0.25) is 5.91 Å². The van der Waals surface area contributed by atoms with Crippen LogP contribution in [0, 0.1) is 0 Å². The average Bonchev–Trinajstić information content (AvgIpc) is 2.93. The number of benzene rings is 1. The standard InChI is InChI=1S/C18H21N3O4/c1-24-18(23)16-12-14-13-20(9-5-10-21(14)19-16)17(22)8-11-25-15-6-3-2-4-7-15/h2-4,6-7,12H,5,8-11,13H2,1H3. The fraction of sp³-hybridized carbons (Fsp3) is 0.389. The molecule has 0 saturated carbocycles. The third kappa shape index (κ3) is 4.17. The van der Waals surface area contributed by atoms with Gasteiger partial charge in [0.25, 0.3) is 0 Å². The van der Waals surface area contributed by atoms with Gasteiger partial charge < -0.3 is 14.4 Å². The summed E-state index contributed by atoms with van der Waals surface area (Å²) in [6, 6.07) is 11.1. The first-order valence-corrected chi connectivity index (χ1v) is 8.28. The van der Waals surface area contributed by atoms with Gasteiger partial charge >= 0.3 is 5.97 Å². The largest absolute Gasteiger partial charge is 0.493 e. The van der Waals surface area contributed by atoms with Crippen LogP contribution in [0.3, 0.4) is 0 Å². The van der Waals surface area contributed by atoms with Crippen LogP contribution in [0.4, 0.5) is 0 Å². The van der Waals surface area contributed by atoms with E-state index in [1.54, 1.807) is 15.6 Å². The molecule has 0 saturated heterocycles. The topological polar surface area (TPSA) is 73.7 Å². The van der Waals surface area contributed by atoms with Crippen molar-refractivity contribution in [2.75, 3.05) is 20.3 Å². The number of esters is 1. The molecule has 7 heteroatoms. The lowest BCUT2D eigenvalue weighted by atomic mass is 10.3. The number of fused-ring (bicyclic) bond motifs is 1. The minimum Gasteiger partial charge on any atom is -0.493 e. The molecular weight excluding hydrogens is 322 g/mol. The Hall–Kier alpha value is -2.83. The predicted molar refractivity (Wildman–Crippen MR) is 90.2 cm³/mol. The van der Waals surface area contributed by atoms with Crippen molar-refractivity contribution in [3.8, 4) is 5.75 Å². The highest BCUT2D eigenvalue weighted by Gasteiger charge is 2.22. The van der Waals surface area contributed by atoms with Crippen LogP contribution in [-0.4, -0.2) is 46.8 Å². The first-order chi connectivity index (χ1) is 12.2. The summed E-state index contributed by atoms with van der Waals surface area (Å²) in [4.78, 5) is 25.9. The minimum absolute atomic E-state index is 0.0326. The Morgan fingerprint density at radius 3 is 2.76 bits per heavy atom. The monoisotopic (exact) mass is 343 g/mol. The third-order valence-corrected chi connectivity index (χ3v) is 4.09. The van der Waals surface area contributed by atoms with E-state index in [0.717, 1.165) is 17.9 Å². The average molecular weight is 343 g/mol. The number of ether oxygens (including phenoxy) is 2. The highest BCUT2D eigenvalue weighted by atomic mass is 16.5. The zero-order chi connectivity index (χ0) is 17.6. The van der Waals surface area contributed by atoms with Crippen molar-refractivity contribution < 1.29 is 19.1 Å². The normalized spacial score (nSPS) is 13.7. The van der Waals surface area contributed by atoms with Crippen LogP contribution in [0.5, 0.6) is 5.75 Å². The maximum Gasteiger partial charge on any atom is 0.358 e. The first kappa shape index (κ1) is 17.0. The lowest BCUT2D eigenvalue weighted by Crippen LogP contribution is -2.31. The molecular formula is C18H21N3O4. The summed E-state index contributed by atoms with van der Waals surface area (Å²) >= 11 is 0. The van der Waals surface area contributed by atoms with Gasteiger partial charge in [-0.1, -0.05) is 18.2 Å². The maximum absolute atomic E-state index is 12.5. The van der Waals surface area contributed by atoms with E-state index in [9.17, 15) is 9.59 Å². The van der Waals surface area contributed by atoms with Crippen molar-refractivity contribution >= 4 is 11.9 Å². The summed E-state index contributed by atoms with van der Waals surface area (Å²) in [6.45, 7) is 2.12. The molecule has 7 nitrogen and oxygen atoms in total. The molecule has 0 radical (unpaired) electrons. The molecule has 0 bridgehead atoms. The van der Waals surface area contributed by atoms with Crippen LogP contribution >= 0.6 is 0 Å². The minimum atomic E-state index is -0.463. The zero-order valence-corrected chi connectivity index (χ0v) is 14.2. The van der Waals surface area contributed by atoms with Gasteiger partial charge in [-0.25, -0.2) is 4.79 Å². The second-order valence-electron chi connectivity index (χ2n) is 5.82. The number of hydrogen-bond acceptors (Lipinski definition) is 5. The maximum atomic E-state index is 12.5. The van der Waals surface area contributed by atoms with Gasteiger partial charge in [0.05, 0.1) is 32.4 Å². The van der Waals surface area contributed by atoms with E-state index < -0.39 is 5.97 Å². The summed E-state index contributed by atoms with van der Waals surface area (Å²) in [5, 5.41) is 4.26. The summed E-state index contributed by atoms with van der Waals surface area (Å²) in [6.07, 6.45) is 1.10. The van der Waals surface area contributed by atoms with Crippen LogP contribution < -0.4 is 4.74 Å². The van der Waals surface area contributed by atoms with Crippen LogP contribution in [0.15, 0.2) is 36.4 Å². The van der Waals surface area contributed by atoms with E-state index in [2.05, 4.69) is 5.10 Å². The smallest absolute Gasteiger partial charge is 0.358 e. The van der Waals surface area contributed by atoms with Gasteiger partial charge in [-0.2, -0.15) is 5.10 Å². The number of nitrogens with zero attached hydrogens (tertiary/aromatic N) is 3. The lowest BCUT2D eigenvalue weighted by molar-refractivity contribution is -0.132. The summed E-state index contributed by atoms with van der Waals surface area (Å²) < 4.78 is 12.1. The molecule has 0 unspecified atom stereocenters. The molecule has 1 aliphatic rings. The van der Waals surface area contributed by atoms with E-state index >= 15 is 0 Å². The molecule has 2 aromatic rings. The highest BCUT2D eigenvalue weighted by Crippen LogP contribution is 2.16. The Kier molecular flexibility index (Phi) is 5.33. The SMILES string of the molecule is COC(=O)c1cc2n(n1)CCCN(C(=O)CCOc1ccccc1)C2. The molecule has 25 heavy (non-hydrogen) atoms. The number of aryl methyl sites for hydroxylation is 1. The Morgan fingerprint density at radius 2 is 2.00 bits per heavy atom. The van der Waals surface area contributed by atoms with Gasteiger partial charge in [-0.15, -0.1) is 0 Å².